The van der Waals surface area contributed by atoms with Crippen LogP contribution in [0.2, 0.25) is 5.02 Å². The van der Waals surface area contributed by atoms with Crippen LogP contribution in [-0.4, -0.2) is 50.0 Å². The molecule has 1 N–H and O–H groups in total. The maximum atomic E-state index is 13.4. The second kappa shape index (κ2) is 13.4. The summed E-state index contributed by atoms with van der Waals surface area (Å²) in [4.78, 5) is 27.8. The number of carbonyl (C=O) groups is 2. The number of sulfonamides is 1. The molecule has 2 atom stereocenters. The first kappa shape index (κ1) is 30.1. The molecule has 7 nitrogen and oxygen atoms in total. The molecular formula is C26H35BrClN3O4S. The fraction of sp³-hybridized carbons (Fsp3) is 0.462. The molecule has 198 valence electrons. The Kier molecular flexibility index (Phi) is 11.3. The molecule has 10 heteroatoms. The Morgan fingerprint density at radius 1 is 1.11 bits per heavy atom. The van der Waals surface area contributed by atoms with E-state index in [2.05, 4.69) is 21.2 Å². The lowest BCUT2D eigenvalue weighted by Crippen LogP contribution is -2.49. The quantitative estimate of drug-likeness (QED) is 0.359. The molecule has 0 spiro atoms. The lowest BCUT2D eigenvalue weighted by molar-refractivity contribution is -0.140. The van der Waals surface area contributed by atoms with E-state index in [9.17, 15) is 18.0 Å². The number of hydrogen-bond acceptors (Lipinski definition) is 4. The van der Waals surface area contributed by atoms with Gasteiger partial charge < -0.3 is 10.2 Å². The molecule has 0 unspecified atom stereocenters. The van der Waals surface area contributed by atoms with Gasteiger partial charge in [0.05, 0.1) is 11.9 Å². The summed E-state index contributed by atoms with van der Waals surface area (Å²) < 4.78 is 27.3. The van der Waals surface area contributed by atoms with Gasteiger partial charge in [0.1, 0.15) is 6.04 Å². The normalized spacial score (nSPS) is 13.1. The predicted molar refractivity (Wildman–Crippen MR) is 150 cm³/mol. The van der Waals surface area contributed by atoms with Crippen LogP contribution < -0.4 is 9.62 Å². The predicted octanol–water partition coefficient (Wildman–Crippen LogP) is 5.29. The smallest absolute Gasteiger partial charge is 0.242 e. The highest BCUT2D eigenvalue weighted by atomic mass is 79.9. The van der Waals surface area contributed by atoms with E-state index >= 15 is 0 Å². The minimum Gasteiger partial charge on any atom is -0.352 e. The molecule has 0 heterocycles. The first-order valence-electron chi connectivity index (χ1n) is 11.9. The van der Waals surface area contributed by atoms with Gasteiger partial charge >= 0.3 is 0 Å². The van der Waals surface area contributed by atoms with Crippen molar-refractivity contribution in [2.24, 2.45) is 0 Å². The molecule has 2 rings (SSSR count). The maximum Gasteiger partial charge on any atom is 0.242 e. The average Bonchev–Trinajstić information content (AvgIpc) is 2.82. The molecular weight excluding hydrogens is 566 g/mol. The van der Waals surface area contributed by atoms with Crippen LogP contribution in [0, 0.1) is 6.92 Å². The summed E-state index contributed by atoms with van der Waals surface area (Å²) in [5, 5.41) is 3.42. The molecule has 2 amide bonds. The summed E-state index contributed by atoms with van der Waals surface area (Å²) in [5.74, 6) is -0.442. The van der Waals surface area contributed by atoms with E-state index in [0.717, 1.165) is 22.7 Å². The second-order valence-corrected chi connectivity index (χ2v) is 12.2. The zero-order valence-corrected chi connectivity index (χ0v) is 24.6. The fourth-order valence-corrected chi connectivity index (χ4v) is 5.13. The molecule has 0 bridgehead atoms. The Labute approximate surface area is 228 Å². The van der Waals surface area contributed by atoms with Crippen molar-refractivity contribution in [2.75, 3.05) is 17.1 Å². The van der Waals surface area contributed by atoms with E-state index in [1.165, 1.54) is 4.31 Å². The largest absolute Gasteiger partial charge is 0.352 e. The number of halogens is 2. The highest BCUT2D eigenvalue weighted by Gasteiger charge is 2.27. The highest BCUT2D eigenvalue weighted by molar-refractivity contribution is 9.10. The zero-order valence-electron chi connectivity index (χ0n) is 21.4. The Morgan fingerprint density at radius 2 is 1.75 bits per heavy atom. The van der Waals surface area contributed by atoms with Gasteiger partial charge in [0.15, 0.2) is 0 Å². The number of nitrogens with one attached hydrogen (secondary N) is 1. The maximum absolute atomic E-state index is 13.4. The van der Waals surface area contributed by atoms with E-state index in [-0.39, 0.29) is 43.8 Å². The van der Waals surface area contributed by atoms with E-state index in [0.29, 0.717) is 16.3 Å². The Bertz CT molecular complexity index is 1160. The molecule has 0 fully saturated rings. The lowest BCUT2D eigenvalue weighted by Gasteiger charge is -2.30. The highest BCUT2D eigenvalue weighted by Crippen LogP contribution is 2.28. The monoisotopic (exact) mass is 599 g/mol. The molecule has 0 aliphatic heterocycles. The number of carbonyl (C=O) groups excluding carboxylic acids is 2. The van der Waals surface area contributed by atoms with Crippen molar-refractivity contribution in [2.45, 2.75) is 65.6 Å². The van der Waals surface area contributed by atoms with E-state index in [1.807, 2.05) is 38.1 Å². The van der Waals surface area contributed by atoms with Crippen LogP contribution in [0.5, 0.6) is 0 Å². The first-order chi connectivity index (χ1) is 16.8. The van der Waals surface area contributed by atoms with Gasteiger partial charge in [-0.15, -0.1) is 0 Å². The van der Waals surface area contributed by atoms with Crippen molar-refractivity contribution < 1.29 is 18.0 Å². The minimum absolute atomic E-state index is 0.00571. The van der Waals surface area contributed by atoms with Crippen LogP contribution in [0.1, 0.15) is 51.2 Å². The van der Waals surface area contributed by atoms with Crippen molar-refractivity contribution in [1.82, 2.24) is 10.2 Å². The number of benzene rings is 2. The summed E-state index contributed by atoms with van der Waals surface area (Å²) in [6.07, 6.45) is 2.29. The Balaban J connectivity index is 2.20. The van der Waals surface area contributed by atoms with Gasteiger partial charge in [0.2, 0.25) is 21.8 Å². The summed E-state index contributed by atoms with van der Waals surface area (Å²) in [5.41, 5.74) is 2.04. The third kappa shape index (κ3) is 8.49. The topological polar surface area (TPSA) is 86.8 Å². The number of rotatable bonds is 12. The van der Waals surface area contributed by atoms with Gasteiger partial charge in [0.25, 0.3) is 0 Å². The third-order valence-corrected chi connectivity index (χ3v) is 8.21. The summed E-state index contributed by atoms with van der Waals surface area (Å²) >= 11 is 9.62. The summed E-state index contributed by atoms with van der Waals surface area (Å²) in [7, 11) is -3.59. The molecule has 2 aromatic carbocycles. The zero-order chi connectivity index (χ0) is 27.0. The number of nitrogens with zero attached hydrogens (tertiary/aromatic N) is 2. The first-order valence-corrected chi connectivity index (χ1v) is 14.9. The molecule has 0 aliphatic rings. The van der Waals surface area contributed by atoms with E-state index in [4.69, 9.17) is 11.6 Å². The SMILES string of the molecule is CC[C@H](C)NC(=O)[C@@H](C)N(Cc1ccc(Br)cc1)C(=O)CCCN(c1cccc(Cl)c1C)S(C)(=O)=O. The van der Waals surface area contributed by atoms with Crippen LogP contribution in [0.25, 0.3) is 0 Å². The Hall–Kier alpha value is -2.10. The molecule has 2 aromatic rings. The number of hydrogen-bond donors (Lipinski definition) is 1. The Morgan fingerprint density at radius 3 is 2.33 bits per heavy atom. The van der Waals surface area contributed by atoms with Gasteiger partial charge in [-0.1, -0.05) is 52.7 Å². The molecule has 0 saturated heterocycles. The van der Waals surface area contributed by atoms with Crippen molar-refractivity contribution in [1.29, 1.82) is 0 Å². The van der Waals surface area contributed by atoms with Crippen molar-refractivity contribution in [3.05, 3.63) is 63.1 Å². The molecule has 0 aliphatic carbocycles. The standard InChI is InChI=1S/C26H35BrClN3O4S/c1-6-18(2)29-26(33)20(4)30(17-21-12-14-22(27)15-13-21)25(32)11-8-16-31(36(5,34)35)24-10-7-9-23(28)19(24)3/h7,9-10,12-15,18,20H,6,8,11,16-17H2,1-5H3,(H,29,33)/t18-,20+/m0/s1. The third-order valence-electron chi connectivity index (χ3n) is 6.09. The summed E-state index contributed by atoms with van der Waals surface area (Å²) in [6, 6.07) is 12.0. The van der Waals surface area contributed by atoms with Crippen LogP contribution >= 0.6 is 27.5 Å². The van der Waals surface area contributed by atoms with Crippen molar-refractivity contribution in [3.63, 3.8) is 0 Å². The number of amides is 2. The van der Waals surface area contributed by atoms with Crippen LogP contribution in [-0.2, 0) is 26.2 Å². The van der Waals surface area contributed by atoms with Gasteiger partial charge in [-0.2, -0.15) is 0 Å². The van der Waals surface area contributed by atoms with E-state index < -0.39 is 16.1 Å². The lowest BCUT2D eigenvalue weighted by atomic mass is 10.1. The van der Waals surface area contributed by atoms with Gasteiger partial charge in [-0.25, -0.2) is 8.42 Å². The number of anilines is 1. The minimum atomic E-state index is -3.59. The fourth-order valence-electron chi connectivity index (χ4n) is 3.68. The molecule has 0 radical (unpaired) electrons. The second-order valence-electron chi connectivity index (χ2n) is 8.96. The molecule has 0 aromatic heterocycles. The van der Waals surface area contributed by atoms with Gasteiger partial charge in [0, 0.05) is 35.0 Å². The van der Waals surface area contributed by atoms with E-state index in [1.54, 1.807) is 36.9 Å². The molecule has 0 saturated carbocycles. The van der Waals surface area contributed by atoms with Gasteiger partial charge in [-0.05, 0) is 69.0 Å². The molecule has 36 heavy (non-hydrogen) atoms. The van der Waals surface area contributed by atoms with Crippen LogP contribution in [0.15, 0.2) is 46.9 Å². The van der Waals surface area contributed by atoms with Crippen molar-refractivity contribution >= 4 is 55.1 Å². The average molecular weight is 601 g/mol. The van der Waals surface area contributed by atoms with Crippen LogP contribution in [0.4, 0.5) is 5.69 Å². The van der Waals surface area contributed by atoms with Gasteiger partial charge in [-0.3, -0.25) is 13.9 Å². The summed E-state index contributed by atoms with van der Waals surface area (Å²) in [6.45, 7) is 7.76. The van der Waals surface area contributed by atoms with Crippen molar-refractivity contribution in [3.8, 4) is 0 Å². The van der Waals surface area contributed by atoms with Crippen LogP contribution in [0.3, 0.4) is 0 Å².